The van der Waals surface area contributed by atoms with Gasteiger partial charge in [-0.05, 0) is 23.8 Å². The molecule has 2 aromatic rings. The Morgan fingerprint density at radius 2 is 2.18 bits per heavy atom. The van der Waals surface area contributed by atoms with Crippen LogP contribution < -0.4 is 0 Å². The van der Waals surface area contributed by atoms with Crippen LogP contribution in [-0.4, -0.2) is 10.1 Å². The molecule has 2 rings (SSSR count). The van der Waals surface area contributed by atoms with Gasteiger partial charge in [-0.15, -0.1) is 11.3 Å². The normalized spacial score (nSPS) is 12.7. The standard InChI is InChI=1S/C11H8Cl2FNOS/c12-7-1-2-8(14)6(3-7)4-9(16)11-15-5-10(13)17-11/h1-3,5,9,16H,4H2. The Bertz CT molecular complexity index is 532. The van der Waals surface area contributed by atoms with Crippen molar-refractivity contribution in [2.24, 2.45) is 0 Å². The van der Waals surface area contributed by atoms with Crippen molar-refractivity contribution in [3.05, 3.63) is 50.1 Å². The molecule has 1 unspecified atom stereocenters. The van der Waals surface area contributed by atoms with E-state index in [2.05, 4.69) is 4.98 Å². The number of aliphatic hydroxyl groups is 1. The summed E-state index contributed by atoms with van der Waals surface area (Å²) in [5.41, 5.74) is 0.358. The summed E-state index contributed by atoms with van der Waals surface area (Å²) in [6.07, 6.45) is 0.704. The molecule has 0 aliphatic carbocycles. The Hall–Kier alpha value is -0.680. The maximum absolute atomic E-state index is 13.4. The molecular weight excluding hydrogens is 284 g/mol. The van der Waals surface area contributed by atoms with Gasteiger partial charge in [-0.25, -0.2) is 9.37 Å². The molecule has 6 heteroatoms. The van der Waals surface area contributed by atoms with Crippen LogP contribution in [0.4, 0.5) is 4.39 Å². The first kappa shape index (κ1) is 12.8. The number of nitrogens with zero attached hydrogens (tertiary/aromatic N) is 1. The topological polar surface area (TPSA) is 33.1 Å². The van der Waals surface area contributed by atoms with Crippen molar-refractivity contribution in [3.8, 4) is 0 Å². The van der Waals surface area contributed by atoms with Crippen molar-refractivity contribution in [1.29, 1.82) is 0 Å². The molecule has 0 saturated carbocycles. The summed E-state index contributed by atoms with van der Waals surface area (Å²) < 4.78 is 13.9. The molecule has 0 fully saturated rings. The second kappa shape index (κ2) is 5.31. The number of hydrogen-bond donors (Lipinski definition) is 1. The van der Waals surface area contributed by atoms with E-state index in [0.29, 0.717) is 19.9 Å². The van der Waals surface area contributed by atoms with Crippen molar-refractivity contribution in [2.45, 2.75) is 12.5 Å². The maximum Gasteiger partial charge on any atom is 0.126 e. The lowest BCUT2D eigenvalue weighted by Crippen LogP contribution is -2.03. The zero-order chi connectivity index (χ0) is 12.4. The number of benzene rings is 1. The Morgan fingerprint density at radius 3 is 2.82 bits per heavy atom. The third-order valence-electron chi connectivity index (χ3n) is 2.20. The second-order valence-corrected chi connectivity index (χ2v) is 5.59. The van der Waals surface area contributed by atoms with Gasteiger partial charge in [0, 0.05) is 11.4 Å². The molecule has 0 saturated heterocycles. The van der Waals surface area contributed by atoms with Crippen LogP contribution >= 0.6 is 34.5 Å². The minimum Gasteiger partial charge on any atom is -0.386 e. The fourth-order valence-electron chi connectivity index (χ4n) is 1.42. The lowest BCUT2D eigenvalue weighted by atomic mass is 10.1. The molecule has 17 heavy (non-hydrogen) atoms. The SMILES string of the molecule is OC(Cc1cc(Cl)ccc1F)c1ncc(Cl)s1. The van der Waals surface area contributed by atoms with E-state index < -0.39 is 11.9 Å². The highest BCUT2D eigenvalue weighted by Gasteiger charge is 2.15. The van der Waals surface area contributed by atoms with Gasteiger partial charge in [-0.1, -0.05) is 23.2 Å². The fraction of sp³-hybridized carbons (Fsp3) is 0.182. The molecule has 0 radical (unpaired) electrons. The van der Waals surface area contributed by atoms with E-state index in [1.807, 2.05) is 0 Å². The predicted octanol–water partition coefficient (Wildman–Crippen LogP) is 3.87. The summed E-state index contributed by atoms with van der Waals surface area (Å²) >= 11 is 12.7. The molecule has 1 heterocycles. The average molecular weight is 292 g/mol. The highest BCUT2D eigenvalue weighted by atomic mass is 35.5. The summed E-state index contributed by atoms with van der Waals surface area (Å²) in [6.45, 7) is 0. The van der Waals surface area contributed by atoms with Gasteiger partial charge in [0.05, 0.1) is 6.20 Å². The van der Waals surface area contributed by atoms with Crippen molar-refractivity contribution in [2.75, 3.05) is 0 Å². The molecule has 0 spiro atoms. The van der Waals surface area contributed by atoms with E-state index in [1.54, 1.807) is 0 Å². The second-order valence-electron chi connectivity index (χ2n) is 3.46. The van der Waals surface area contributed by atoms with Crippen LogP contribution in [0.15, 0.2) is 24.4 Å². The Balaban J connectivity index is 2.18. The zero-order valence-corrected chi connectivity index (χ0v) is 10.9. The van der Waals surface area contributed by atoms with Gasteiger partial charge in [0.1, 0.15) is 21.3 Å². The molecule has 1 aromatic carbocycles. The predicted molar refractivity (Wildman–Crippen MR) is 67.2 cm³/mol. The van der Waals surface area contributed by atoms with Crippen molar-refractivity contribution >= 4 is 34.5 Å². The molecule has 2 nitrogen and oxygen atoms in total. The minimum absolute atomic E-state index is 0.121. The Kier molecular flexibility index (Phi) is 3.99. The van der Waals surface area contributed by atoms with Crippen LogP contribution in [0.25, 0.3) is 0 Å². The molecular formula is C11H8Cl2FNOS. The largest absolute Gasteiger partial charge is 0.386 e. The summed E-state index contributed by atoms with van der Waals surface area (Å²) in [4.78, 5) is 3.95. The average Bonchev–Trinajstić information content (AvgIpc) is 2.70. The Labute approximate surface area is 112 Å². The molecule has 1 aromatic heterocycles. The van der Waals surface area contributed by atoms with Crippen molar-refractivity contribution in [3.63, 3.8) is 0 Å². The number of halogens is 3. The highest BCUT2D eigenvalue weighted by Crippen LogP contribution is 2.27. The van der Waals surface area contributed by atoms with Crippen LogP contribution in [0.3, 0.4) is 0 Å². The number of aliphatic hydroxyl groups excluding tert-OH is 1. The van der Waals surface area contributed by atoms with E-state index in [1.165, 1.54) is 35.7 Å². The van der Waals surface area contributed by atoms with Crippen molar-refractivity contribution < 1.29 is 9.50 Å². The van der Waals surface area contributed by atoms with Crippen LogP contribution in [-0.2, 0) is 6.42 Å². The molecule has 0 aliphatic heterocycles. The number of aromatic nitrogens is 1. The van der Waals surface area contributed by atoms with Crippen molar-refractivity contribution in [1.82, 2.24) is 4.98 Å². The van der Waals surface area contributed by atoms with E-state index in [4.69, 9.17) is 23.2 Å². The van der Waals surface area contributed by atoms with E-state index >= 15 is 0 Å². The molecule has 1 atom stereocenters. The maximum atomic E-state index is 13.4. The molecule has 0 bridgehead atoms. The molecule has 1 N–H and O–H groups in total. The first-order chi connectivity index (χ1) is 8.06. The summed E-state index contributed by atoms with van der Waals surface area (Å²) in [6, 6.07) is 4.24. The van der Waals surface area contributed by atoms with Crippen LogP contribution in [0, 0.1) is 5.82 Å². The first-order valence-corrected chi connectivity index (χ1v) is 6.36. The van der Waals surface area contributed by atoms with Gasteiger partial charge >= 0.3 is 0 Å². The van der Waals surface area contributed by atoms with Crippen LogP contribution in [0.1, 0.15) is 16.7 Å². The van der Waals surface area contributed by atoms with Gasteiger partial charge in [0.15, 0.2) is 0 Å². The summed E-state index contributed by atoms with van der Waals surface area (Å²) in [5, 5.41) is 10.8. The summed E-state index contributed by atoms with van der Waals surface area (Å²) in [7, 11) is 0. The molecule has 90 valence electrons. The number of hydrogen-bond acceptors (Lipinski definition) is 3. The number of thiazole rings is 1. The van der Waals surface area contributed by atoms with Gasteiger partial charge in [-0.3, -0.25) is 0 Å². The highest BCUT2D eigenvalue weighted by molar-refractivity contribution is 7.15. The lowest BCUT2D eigenvalue weighted by molar-refractivity contribution is 0.176. The van der Waals surface area contributed by atoms with Gasteiger partial charge in [0.25, 0.3) is 0 Å². The zero-order valence-electron chi connectivity index (χ0n) is 8.53. The fourth-order valence-corrected chi connectivity index (χ4v) is 2.53. The van der Waals surface area contributed by atoms with Gasteiger partial charge in [-0.2, -0.15) is 0 Å². The van der Waals surface area contributed by atoms with E-state index in [0.717, 1.165) is 0 Å². The van der Waals surface area contributed by atoms with Gasteiger partial charge < -0.3 is 5.11 Å². The third kappa shape index (κ3) is 3.16. The summed E-state index contributed by atoms with van der Waals surface area (Å²) in [5.74, 6) is -0.392. The van der Waals surface area contributed by atoms with E-state index in [9.17, 15) is 9.50 Å². The minimum atomic E-state index is -0.875. The quantitative estimate of drug-likeness (QED) is 0.931. The van der Waals surface area contributed by atoms with Crippen LogP contribution in [0.5, 0.6) is 0 Å². The van der Waals surface area contributed by atoms with Gasteiger partial charge in [0.2, 0.25) is 0 Å². The smallest absolute Gasteiger partial charge is 0.126 e. The number of rotatable bonds is 3. The first-order valence-electron chi connectivity index (χ1n) is 4.79. The molecule has 0 aliphatic rings. The van der Waals surface area contributed by atoms with Crippen LogP contribution in [0.2, 0.25) is 9.36 Å². The van der Waals surface area contributed by atoms with E-state index in [-0.39, 0.29) is 6.42 Å². The third-order valence-corrected chi connectivity index (χ3v) is 3.65. The molecule has 0 amide bonds. The lowest BCUT2D eigenvalue weighted by Gasteiger charge is -2.08. The monoisotopic (exact) mass is 291 g/mol. The Morgan fingerprint density at radius 1 is 1.41 bits per heavy atom.